The van der Waals surface area contributed by atoms with E-state index < -0.39 is 20.4 Å². The van der Waals surface area contributed by atoms with E-state index in [0.29, 0.717) is 0 Å². The zero-order chi connectivity index (χ0) is 35.2. The maximum absolute atomic E-state index is 9.25. The Balaban J connectivity index is 1.93. The SMILES string of the molecule is CC1=C(C)[CH]([Zr]([Cl])([Cl])([CH]2C(C)=C(C)c3c(C(C)(C)C)ccc(C)c32)=[Si](c2ccccc2)c2ccccc2)c2c(C)ccc(C(C)(C)C)c21. The van der Waals surface area contributed by atoms with Gasteiger partial charge in [-0.2, -0.15) is 0 Å². The molecule has 4 aromatic rings. The average molecular weight is 771 g/mol. The summed E-state index contributed by atoms with van der Waals surface area (Å²) < 4.78 is -0.0597. The Bertz CT molecular complexity index is 1950. The Labute approximate surface area is 298 Å². The molecule has 0 fully saturated rings. The predicted molar refractivity (Wildman–Crippen MR) is 211 cm³/mol. The molecule has 2 unspecified atom stereocenters. The van der Waals surface area contributed by atoms with Crippen LogP contribution in [0.3, 0.4) is 0 Å². The molecule has 0 saturated heterocycles. The van der Waals surface area contributed by atoms with Gasteiger partial charge in [-0.1, -0.05) is 0 Å². The van der Waals surface area contributed by atoms with Crippen LogP contribution in [0.25, 0.3) is 11.1 Å². The van der Waals surface area contributed by atoms with Crippen LogP contribution in [0.5, 0.6) is 0 Å². The van der Waals surface area contributed by atoms with Crippen molar-refractivity contribution >= 4 is 44.0 Å². The Kier molecular flexibility index (Phi) is 9.02. The molecule has 0 heterocycles. The first kappa shape index (κ1) is 35.9. The molecule has 2 aliphatic rings. The second-order valence-corrected chi connectivity index (χ2v) is 51.7. The van der Waals surface area contributed by atoms with Gasteiger partial charge in [0.1, 0.15) is 0 Å². The molecule has 6 rings (SSSR count). The number of rotatable bonds is 4. The minimum absolute atomic E-state index is 0.0185. The van der Waals surface area contributed by atoms with Crippen molar-refractivity contribution in [3.63, 3.8) is 0 Å². The van der Waals surface area contributed by atoms with E-state index in [4.69, 9.17) is 0 Å². The van der Waals surface area contributed by atoms with Crippen LogP contribution in [0, 0.1) is 13.8 Å². The van der Waals surface area contributed by atoms with Gasteiger partial charge in [0.05, 0.1) is 0 Å². The van der Waals surface area contributed by atoms with Gasteiger partial charge in [-0.15, -0.1) is 0 Å². The fourth-order valence-corrected chi connectivity index (χ4v) is 55.8. The summed E-state index contributed by atoms with van der Waals surface area (Å²) in [4.78, 5) is 0. The van der Waals surface area contributed by atoms with Gasteiger partial charge in [-0.25, -0.2) is 0 Å². The van der Waals surface area contributed by atoms with Crippen LogP contribution in [0.4, 0.5) is 0 Å². The van der Waals surface area contributed by atoms with Crippen molar-refractivity contribution in [2.24, 2.45) is 0 Å². The fraction of sp³-hybridized carbons (Fsp3) is 0.364. The topological polar surface area (TPSA) is 0 Å². The van der Waals surface area contributed by atoms with Gasteiger partial charge in [-0.3, -0.25) is 0 Å². The van der Waals surface area contributed by atoms with Crippen LogP contribution in [0.15, 0.2) is 96.1 Å². The van der Waals surface area contributed by atoms with Crippen LogP contribution in [0.2, 0.25) is 0 Å². The third-order valence-corrected chi connectivity index (χ3v) is 49.7. The van der Waals surface area contributed by atoms with Crippen molar-refractivity contribution in [3.8, 4) is 0 Å². The fourth-order valence-electron chi connectivity index (χ4n) is 9.22. The first-order valence-electron chi connectivity index (χ1n) is 17.5. The molecule has 0 spiro atoms. The molecule has 4 aromatic carbocycles. The van der Waals surface area contributed by atoms with Crippen LogP contribution < -0.4 is 10.4 Å². The van der Waals surface area contributed by atoms with Crippen molar-refractivity contribution in [1.82, 2.24) is 0 Å². The van der Waals surface area contributed by atoms with Crippen molar-refractivity contribution in [2.75, 3.05) is 0 Å². The zero-order valence-corrected chi connectivity index (χ0v) is 36.0. The summed E-state index contributed by atoms with van der Waals surface area (Å²) in [7, 11) is 18.5. The Morgan fingerprint density at radius 1 is 0.500 bits per heavy atom. The van der Waals surface area contributed by atoms with Crippen molar-refractivity contribution in [2.45, 2.75) is 101 Å². The second-order valence-electron chi connectivity index (χ2n) is 16.7. The van der Waals surface area contributed by atoms with Gasteiger partial charge in [0.2, 0.25) is 0 Å². The van der Waals surface area contributed by atoms with E-state index in [2.05, 4.69) is 168 Å². The molecule has 0 amide bonds. The van der Waals surface area contributed by atoms with E-state index in [0.717, 1.165) is 0 Å². The number of aryl methyl sites for hydroxylation is 2. The summed E-state index contributed by atoms with van der Waals surface area (Å²) in [6.45, 7) is 28.0. The van der Waals surface area contributed by atoms with Crippen LogP contribution >= 0.6 is 17.0 Å². The molecule has 0 N–H and O–H groups in total. The predicted octanol–water partition coefficient (Wildman–Crippen LogP) is 12.1. The molecular formula is C44H52Cl2SiZr. The molecule has 0 radical (unpaired) electrons. The second kappa shape index (κ2) is 12.1. The molecular weight excluding hydrogens is 719 g/mol. The van der Waals surface area contributed by atoms with Crippen LogP contribution in [0.1, 0.15) is 121 Å². The van der Waals surface area contributed by atoms with E-state index in [1.54, 1.807) is 0 Å². The van der Waals surface area contributed by atoms with Gasteiger partial charge in [-0.05, 0) is 0 Å². The number of hydrogen-bond donors (Lipinski definition) is 0. The monoisotopic (exact) mass is 768 g/mol. The van der Waals surface area contributed by atoms with E-state index in [1.807, 2.05) is 0 Å². The number of fused-ring (bicyclic) bond motifs is 2. The summed E-state index contributed by atoms with van der Waals surface area (Å²) in [6, 6.07) is 31.7. The third kappa shape index (κ3) is 5.30. The molecule has 0 bridgehead atoms. The van der Waals surface area contributed by atoms with Crippen molar-refractivity contribution in [1.29, 1.82) is 0 Å². The summed E-state index contributed by atoms with van der Waals surface area (Å²) in [5.41, 5.74) is 14.7. The Morgan fingerprint density at radius 2 is 0.833 bits per heavy atom. The van der Waals surface area contributed by atoms with Crippen molar-refractivity contribution < 1.29 is 15.0 Å². The minimum atomic E-state index is -5.45. The maximum atomic E-state index is 9.25. The van der Waals surface area contributed by atoms with Crippen LogP contribution in [-0.4, -0.2) is 5.43 Å². The first-order chi connectivity index (χ1) is 22.3. The quantitative estimate of drug-likeness (QED) is 0.181. The van der Waals surface area contributed by atoms with Gasteiger partial charge in [0, 0.05) is 0 Å². The third-order valence-electron chi connectivity index (χ3n) is 11.6. The molecule has 2 atom stereocenters. The normalized spacial score (nSPS) is 18.4. The molecule has 2 aliphatic carbocycles. The first-order valence-corrected chi connectivity index (χ1v) is 31.9. The molecule has 0 aromatic heterocycles. The molecule has 0 nitrogen and oxygen atoms in total. The number of halogens is 2. The molecule has 0 aliphatic heterocycles. The van der Waals surface area contributed by atoms with Crippen LogP contribution in [-0.2, 0) is 25.8 Å². The van der Waals surface area contributed by atoms with Gasteiger partial charge in [0.15, 0.2) is 0 Å². The Morgan fingerprint density at radius 3 is 1.15 bits per heavy atom. The van der Waals surface area contributed by atoms with E-state index in [-0.39, 0.29) is 18.1 Å². The molecule has 48 heavy (non-hydrogen) atoms. The molecule has 250 valence electrons. The number of benzene rings is 4. The summed E-state index contributed by atoms with van der Waals surface area (Å²) in [5.74, 6) is 0. The zero-order valence-electron chi connectivity index (χ0n) is 31.0. The van der Waals surface area contributed by atoms with E-state index >= 15 is 0 Å². The number of allylic oxidation sites excluding steroid dienone is 4. The molecule has 4 heteroatoms. The number of hydrogen-bond acceptors (Lipinski definition) is 0. The average Bonchev–Trinajstić information content (AvgIpc) is 3.45. The van der Waals surface area contributed by atoms with Gasteiger partial charge < -0.3 is 0 Å². The summed E-state index contributed by atoms with van der Waals surface area (Å²) >= 11 is -5.45. The van der Waals surface area contributed by atoms with Crippen molar-refractivity contribution in [3.05, 3.63) is 141 Å². The molecule has 0 saturated carbocycles. The van der Waals surface area contributed by atoms with E-state index in [1.165, 1.54) is 77.2 Å². The summed E-state index contributed by atoms with van der Waals surface area (Å²) in [5, 5.41) is 2.63. The van der Waals surface area contributed by atoms with Gasteiger partial charge >= 0.3 is 301 Å². The van der Waals surface area contributed by atoms with E-state index in [9.17, 15) is 17.0 Å². The Hall–Kier alpha value is -1.96. The van der Waals surface area contributed by atoms with Gasteiger partial charge in [0.25, 0.3) is 0 Å². The standard InChI is InChI=1S/2C16H21.C12H10Si.2ClH.Zr/c2*1-10-7-8-14(16(4,5)6)15-12(3)11(2)9-13(10)15;1-3-7-11(8-4-1)13-12-9-5-2-6-10-12;;;/h2*7-9H,1-6H3;1-10H;2*1H;/q;;;;;+2/p-2. The summed E-state index contributed by atoms with van der Waals surface area (Å²) in [6.07, 6.45) is 0.